The molecule has 1 aromatic heterocycles. The average molecular weight is 458 g/mol. The molecule has 2 heterocycles. The van der Waals surface area contributed by atoms with Crippen molar-refractivity contribution >= 4 is 16.8 Å². The maximum Gasteiger partial charge on any atom is 0.252 e. The normalized spacial score (nSPS) is 18.3. The summed E-state index contributed by atoms with van der Waals surface area (Å²) in [5.41, 5.74) is 3.93. The number of amides is 1. The Morgan fingerprint density at radius 3 is 2.41 bits per heavy atom. The first kappa shape index (κ1) is 23.0. The fourth-order valence-corrected chi connectivity index (χ4v) is 5.81. The van der Waals surface area contributed by atoms with Gasteiger partial charge in [0.05, 0.1) is 29.9 Å². The molecule has 0 bridgehead atoms. The highest BCUT2D eigenvalue weighted by Gasteiger charge is 2.30. The Morgan fingerprint density at radius 2 is 1.65 bits per heavy atom. The number of aromatic nitrogens is 1. The highest BCUT2D eigenvalue weighted by atomic mass is 16.5. The van der Waals surface area contributed by atoms with Crippen LogP contribution < -0.4 is 5.32 Å². The summed E-state index contributed by atoms with van der Waals surface area (Å²) in [7, 11) is 0. The Morgan fingerprint density at radius 1 is 0.941 bits per heavy atom. The van der Waals surface area contributed by atoms with E-state index in [-0.39, 0.29) is 17.1 Å². The van der Waals surface area contributed by atoms with Crippen LogP contribution in [0.15, 0.2) is 54.6 Å². The molecule has 0 radical (unpaired) electrons. The second-order valence-corrected chi connectivity index (χ2v) is 10.1. The number of hydroxylamine groups is 3. The molecule has 3 aromatic rings. The zero-order chi connectivity index (χ0) is 23.4. The fraction of sp³-hybridized carbons (Fsp3) is 0.448. The first-order chi connectivity index (χ1) is 16.6. The second-order valence-electron chi connectivity index (χ2n) is 10.1. The van der Waals surface area contributed by atoms with Crippen molar-refractivity contribution < 1.29 is 9.44 Å². The largest absolute Gasteiger partial charge is 0.633 e. The summed E-state index contributed by atoms with van der Waals surface area (Å²) in [5, 5.41) is 17.6. The maximum absolute atomic E-state index is 13.7. The standard InChI is InChI=1S/C29H35N3O2/c33-29(30-18-17-22-11-3-1-4-12-22)27-24-15-7-8-16-26(24)31-28(23-13-5-2-6-14-23)25(27)21-32(34)19-9-10-20-32/h2,5-8,13-16,22H,1,3-4,9-12,17-21H2,(H,30,33). The van der Waals surface area contributed by atoms with E-state index in [9.17, 15) is 10.0 Å². The Balaban J connectivity index is 1.54. The number of para-hydroxylation sites is 1. The van der Waals surface area contributed by atoms with Crippen LogP contribution >= 0.6 is 0 Å². The Bertz CT molecular complexity index is 1130. The molecule has 0 atom stereocenters. The van der Waals surface area contributed by atoms with Gasteiger partial charge in [0.2, 0.25) is 0 Å². The molecule has 2 fully saturated rings. The first-order valence-electron chi connectivity index (χ1n) is 13.0. The third kappa shape index (κ3) is 5.01. The van der Waals surface area contributed by atoms with E-state index in [4.69, 9.17) is 4.98 Å². The molecule has 5 rings (SSSR count). The van der Waals surface area contributed by atoms with E-state index >= 15 is 0 Å². The smallest absolute Gasteiger partial charge is 0.252 e. The van der Waals surface area contributed by atoms with Crippen LogP contribution in [0.2, 0.25) is 0 Å². The molecule has 1 amide bonds. The van der Waals surface area contributed by atoms with Crippen molar-refractivity contribution in [3.05, 3.63) is 70.9 Å². The third-order valence-corrected chi connectivity index (χ3v) is 7.66. The van der Waals surface area contributed by atoms with E-state index in [2.05, 4.69) is 5.32 Å². The number of pyridine rings is 1. The van der Waals surface area contributed by atoms with E-state index in [1.807, 2.05) is 54.6 Å². The van der Waals surface area contributed by atoms with Gasteiger partial charge in [-0.05, 0) is 18.4 Å². The predicted octanol–water partition coefficient (Wildman–Crippen LogP) is 6.21. The second kappa shape index (κ2) is 10.2. The Hall–Kier alpha value is -2.76. The van der Waals surface area contributed by atoms with E-state index in [1.165, 1.54) is 32.1 Å². The molecule has 34 heavy (non-hydrogen) atoms. The van der Waals surface area contributed by atoms with Gasteiger partial charge in [0.1, 0.15) is 6.54 Å². The lowest BCUT2D eigenvalue weighted by molar-refractivity contribution is -0.881. The number of hydrogen-bond donors (Lipinski definition) is 1. The van der Waals surface area contributed by atoms with Crippen LogP contribution in [0.3, 0.4) is 0 Å². The first-order valence-corrected chi connectivity index (χ1v) is 13.0. The Labute approximate surface area is 202 Å². The van der Waals surface area contributed by atoms with Gasteiger partial charge in [-0.1, -0.05) is 80.6 Å². The number of benzene rings is 2. The van der Waals surface area contributed by atoms with Crippen LogP contribution in [0.4, 0.5) is 0 Å². The summed E-state index contributed by atoms with van der Waals surface area (Å²) < 4.78 is -0.276. The molecular weight excluding hydrogens is 422 g/mol. The minimum absolute atomic E-state index is 0.0765. The summed E-state index contributed by atoms with van der Waals surface area (Å²) >= 11 is 0. The number of carbonyl (C=O) groups is 1. The number of rotatable bonds is 7. The third-order valence-electron chi connectivity index (χ3n) is 7.66. The topological polar surface area (TPSA) is 65.0 Å². The summed E-state index contributed by atoms with van der Waals surface area (Å²) in [5.74, 6) is 0.634. The lowest BCUT2D eigenvalue weighted by Crippen LogP contribution is -2.39. The van der Waals surface area contributed by atoms with E-state index in [0.29, 0.717) is 31.1 Å². The van der Waals surface area contributed by atoms with Gasteiger partial charge < -0.3 is 15.2 Å². The van der Waals surface area contributed by atoms with Gasteiger partial charge >= 0.3 is 0 Å². The molecule has 1 aliphatic carbocycles. The molecule has 1 saturated heterocycles. The van der Waals surface area contributed by atoms with E-state index in [1.54, 1.807) is 0 Å². The zero-order valence-electron chi connectivity index (χ0n) is 20.0. The number of nitrogens with zero attached hydrogens (tertiary/aromatic N) is 2. The van der Waals surface area contributed by atoms with Crippen molar-refractivity contribution in [2.24, 2.45) is 5.92 Å². The molecule has 2 aliphatic rings. The van der Waals surface area contributed by atoms with Crippen molar-refractivity contribution in [3.8, 4) is 11.3 Å². The highest BCUT2D eigenvalue weighted by Crippen LogP contribution is 2.34. The number of hydrogen-bond acceptors (Lipinski definition) is 3. The van der Waals surface area contributed by atoms with Gasteiger partial charge in [-0.25, -0.2) is 4.98 Å². The molecule has 1 saturated carbocycles. The van der Waals surface area contributed by atoms with Crippen LogP contribution in [0.5, 0.6) is 0 Å². The van der Waals surface area contributed by atoms with Crippen molar-refractivity contribution in [2.45, 2.75) is 57.9 Å². The minimum Gasteiger partial charge on any atom is -0.633 e. The monoisotopic (exact) mass is 457 g/mol. The van der Waals surface area contributed by atoms with Gasteiger partial charge in [0.25, 0.3) is 5.91 Å². The van der Waals surface area contributed by atoms with Crippen LogP contribution in [-0.2, 0) is 6.54 Å². The number of fused-ring (bicyclic) bond motifs is 1. The molecule has 178 valence electrons. The summed E-state index contributed by atoms with van der Waals surface area (Å²) in [6.07, 6.45) is 9.40. The van der Waals surface area contributed by atoms with Gasteiger partial charge in [-0.3, -0.25) is 4.79 Å². The van der Waals surface area contributed by atoms with Crippen LogP contribution in [0, 0.1) is 11.1 Å². The number of carbonyl (C=O) groups excluding carboxylic acids is 1. The summed E-state index contributed by atoms with van der Waals surface area (Å²) in [4.78, 5) is 18.7. The van der Waals surface area contributed by atoms with Crippen molar-refractivity contribution in [1.29, 1.82) is 0 Å². The number of nitrogens with one attached hydrogen (secondary N) is 1. The molecule has 0 spiro atoms. The van der Waals surface area contributed by atoms with Gasteiger partial charge in [0, 0.05) is 35.9 Å². The summed E-state index contributed by atoms with van der Waals surface area (Å²) in [6, 6.07) is 17.8. The quantitative estimate of drug-likeness (QED) is 0.339. The fourth-order valence-electron chi connectivity index (χ4n) is 5.81. The summed E-state index contributed by atoms with van der Waals surface area (Å²) in [6.45, 7) is 2.17. The zero-order valence-corrected chi connectivity index (χ0v) is 20.0. The highest BCUT2D eigenvalue weighted by molar-refractivity contribution is 6.09. The molecule has 0 unspecified atom stereocenters. The van der Waals surface area contributed by atoms with Crippen LogP contribution in [0.25, 0.3) is 22.2 Å². The van der Waals surface area contributed by atoms with Crippen molar-refractivity contribution in [1.82, 2.24) is 10.3 Å². The van der Waals surface area contributed by atoms with Gasteiger partial charge in [0.15, 0.2) is 0 Å². The molecule has 5 nitrogen and oxygen atoms in total. The lowest BCUT2D eigenvalue weighted by Gasteiger charge is -2.39. The molecule has 5 heteroatoms. The lowest BCUT2D eigenvalue weighted by atomic mass is 9.87. The molecular formula is C29H35N3O2. The molecule has 1 N–H and O–H groups in total. The maximum atomic E-state index is 13.7. The van der Waals surface area contributed by atoms with Crippen LogP contribution in [-0.4, -0.2) is 35.2 Å². The van der Waals surface area contributed by atoms with Gasteiger partial charge in [-0.2, -0.15) is 0 Å². The molecule has 1 aliphatic heterocycles. The predicted molar refractivity (Wildman–Crippen MR) is 137 cm³/mol. The van der Waals surface area contributed by atoms with Crippen LogP contribution in [0.1, 0.15) is 67.3 Å². The number of quaternary nitrogens is 1. The van der Waals surface area contributed by atoms with E-state index in [0.717, 1.165) is 47.0 Å². The molecule has 2 aromatic carbocycles. The van der Waals surface area contributed by atoms with Crippen molar-refractivity contribution in [2.75, 3.05) is 19.6 Å². The number of likely N-dealkylation sites (tertiary alicyclic amines) is 1. The SMILES string of the molecule is O=C(NCCC1CCCCC1)c1c(C[N+]2([O-])CCCC2)c(-c2ccccc2)nc2ccccc12. The average Bonchev–Trinajstić information content (AvgIpc) is 3.30. The van der Waals surface area contributed by atoms with Gasteiger partial charge in [-0.15, -0.1) is 0 Å². The van der Waals surface area contributed by atoms with E-state index < -0.39 is 0 Å². The Kier molecular flexibility index (Phi) is 6.93. The minimum atomic E-state index is -0.276. The van der Waals surface area contributed by atoms with Crippen molar-refractivity contribution in [3.63, 3.8) is 0 Å².